The van der Waals surface area contributed by atoms with Crippen LogP contribution in [0.15, 0.2) is 49.1 Å². The molecule has 4 atom stereocenters. The van der Waals surface area contributed by atoms with Gasteiger partial charge in [-0.2, -0.15) is 0 Å². The summed E-state index contributed by atoms with van der Waals surface area (Å²) < 4.78 is 0. The Kier molecular flexibility index (Phi) is 19.2. The molecule has 15 heteroatoms. The van der Waals surface area contributed by atoms with Crippen molar-refractivity contribution in [2.75, 3.05) is 58.9 Å². The molecule has 1 aromatic carbocycles. The summed E-state index contributed by atoms with van der Waals surface area (Å²) in [5.41, 5.74) is 2.60. The Hall–Kier alpha value is -4.60. The van der Waals surface area contributed by atoms with Gasteiger partial charge in [0.2, 0.25) is 17.7 Å². The number of nitrogens with zero attached hydrogens (tertiary/aromatic N) is 4. The SMILES string of the molecule is C=C(O)CN1CCN(CC(=O)O)CCN(CC(=O)NCc2ccc(CNC(=O)[C@@H](CC(=O)[C@@H](NC(=O)[C@@H](C)Cc3cnc[nH]3)C(C)CC)CC(C)C)cc2)CC1. The fourth-order valence-corrected chi connectivity index (χ4v) is 6.79. The van der Waals surface area contributed by atoms with Crippen molar-refractivity contribution in [1.29, 1.82) is 0 Å². The predicted octanol–water partition coefficient (Wildman–Crippen LogP) is 2.75. The average molecular weight is 781 g/mol. The van der Waals surface area contributed by atoms with Gasteiger partial charge in [0.05, 0.1) is 37.8 Å². The van der Waals surface area contributed by atoms with E-state index in [-0.39, 0.29) is 79.6 Å². The molecule has 0 saturated carbocycles. The van der Waals surface area contributed by atoms with Crippen LogP contribution in [0.1, 0.15) is 70.7 Å². The van der Waals surface area contributed by atoms with Crippen molar-refractivity contribution in [2.24, 2.45) is 23.7 Å². The molecule has 1 aromatic heterocycles. The van der Waals surface area contributed by atoms with Crippen LogP contribution in [-0.4, -0.2) is 129 Å². The van der Waals surface area contributed by atoms with E-state index in [0.717, 1.165) is 16.8 Å². The number of aromatic nitrogens is 2. The molecular weight excluding hydrogens is 716 g/mol. The van der Waals surface area contributed by atoms with Crippen LogP contribution in [0, 0.1) is 23.7 Å². The van der Waals surface area contributed by atoms with Crippen LogP contribution in [0.2, 0.25) is 0 Å². The molecule has 15 nitrogen and oxygen atoms in total. The van der Waals surface area contributed by atoms with Crippen LogP contribution in [-0.2, 0) is 43.5 Å². The number of hydrogen-bond donors (Lipinski definition) is 6. The van der Waals surface area contributed by atoms with Crippen LogP contribution < -0.4 is 16.0 Å². The van der Waals surface area contributed by atoms with Gasteiger partial charge in [-0.25, -0.2) is 4.98 Å². The molecule has 1 aliphatic rings. The van der Waals surface area contributed by atoms with Crippen molar-refractivity contribution in [3.05, 3.63) is 65.9 Å². The van der Waals surface area contributed by atoms with Crippen molar-refractivity contribution in [3.8, 4) is 0 Å². The van der Waals surface area contributed by atoms with E-state index < -0.39 is 17.9 Å². The third kappa shape index (κ3) is 16.6. The smallest absolute Gasteiger partial charge is 0.317 e. The minimum Gasteiger partial charge on any atom is -0.512 e. The molecule has 310 valence electrons. The maximum absolute atomic E-state index is 13.7. The van der Waals surface area contributed by atoms with Gasteiger partial charge >= 0.3 is 5.97 Å². The number of carboxylic acids is 1. The predicted molar refractivity (Wildman–Crippen MR) is 214 cm³/mol. The molecule has 56 heavy (non-hydrogen) atoms. The molecule has 2 heterocycles. The molecule has 3 amide bonds. The second kappa shape index (κ2) is 23.5. The summed E-state index contributed by atoms with van der Waals surface area (Å²) in [7, 11) is 0. The zero-order valence-electron chi connectivity index (χ0n) is 33.9. The highest BCUT2D eigenvalue weighted by molar-refractivity contribution is 5.93. The lowest BCUT2D eigenvalue weighted by atomic mass is 9.86. The van der Waals surface area contributed by atoms with Gasteiger partial charge in [-0.3, -0.25) is 38.7 Å². The Balaban J connectivity index is 1.52. The topological polar surface area (TPSA) is 200 Å². The molecule has 0 radical (unpaired) electrons. The van der Waals surface area contributed by atoms with Crippen molar-refractivity contribution < 1.29 is 34.2 Å². The van der Waals surface area contributed by atoms with Crippen LogP contribution in [0.5, 0.6) is 0 Å². The molecule has 1 saturated heterocycles. The highest BCUT2D eigenvalue weighted by Gasteiger charge is 2.32. The molecule has 0 bridgehead atoms. The number of carbonyl (C=O) groups is 5. The van der Waals surface area contributed by atoms with Gasteiger partial charge < -0.3 is 31.1 Å². The highest BCUT2D eigenvalue weighted by Crippen LogP contribution is 2.21. The number of aromatic amines is 1. The second-order valence-electron chi connectivity index (χ2n) is 15.7. The molecule has 0 spiro atoms. The second-order valence-corrected chi connectivity index (χ2v) is 15.7. The quantitative estimate of drug-likeness (QED) is 0.0961. The number of carboxylic acid groups (broad SMARTS) is 1. The number of aliphatic carboxylic acids is 1. The summed E-state index contributed by atoms with van der Waals surface area (Å²) in [4.78, 5) is 77.5. The molecule has 0 aliphatic carbocycles. The number of hydrogen-bond acceptors (Lipinski definition) is 10. The largest absolute Gasteiger partial charge is 0.512 e. The van der Waals surface area contributed by atoms with E-state index in [9.17, 15) is 34.2 Å². The van der Waals surface area contributed by atoms with Gasteiger partial charge in [0.25, 0.3) is 0 Å². The van der Waals surface area contributed by atoms with E-state index in [0.29, 0.717) is 65.1 Å². The molecule has 1 unspecified atom stereocenters. The fraction of sp³-hybridized carbons (Fsp3) is 0.610. The van der Waals surface area contributed by atoms with E-state index in [1.54, 1.807) is 12.5 Å². The summed E-state index contributed by atoms with van der Waals surface area (Å²) in [6.45, 7) is 17.6. The third-order valence-electron chi connectivity index (χ3n) is 10.3. The first-order chi connectivity index (χ1) is 26.6. The maximum Gasteiger partial charge on any atom is 0.317 e. The minimum absolute atomic E-state index is 0.0293. The fourth-order valence-electron chi connectivity index (χ4n) is 6.79. The summed E-state index contributed by atoms with van der Waals surface area (Å²) in [5.74, 6) is -2.42. The molecule has 1 aliphatic heterocycles. The van der Waals surface area contributed by atoms with Gasteiger partial charge in [-0.05, 0) is 29.4 Å². The number of imidazole rings is 1. The third-order valence-corrected chi connectivity index (χ3v) is 10.3. The highest BCUT2D eigenvalue weighted by atomic mass is 16.4. The van der Waals surface area contributed by atoms with Crippen molar-refractivity contribution in [2.45, 2.75) is 79.4 Å². The van der Waals surface area contributed by atoms with E-state index in [4.69, 9.17) is 0 Å². The number of rotatable bonds is 22. The van der Waals surface area contributed by atoms with Gasteiger partial charge in [0.1, 0.15) is 0 Å². The zero-order chi connectivity index (χ0) is 41.2. The zero-order valence-corrected chi connectivity index (χ0v) is 33.9. The maximum atomic E-state index is 13.7. The molecule has 3 rings (SSSR count). The summed E-state index contributed by atoms with van der Waals surface area (Å²) >= 11 is 0. The number of H-pyrrole nitrogens is 1. The summed E-state index contributed by atoms with van der Waals surface area (Å²) in [6, 6.07) is 6.89. The minimum atomic E-state index is -0.913. The van der Waals surface area contributed by atoms with Crippen LogP contribution >= 0.6 is 0 Å². The standard InChI is InChI=1S/C41H64N8O7/c1-7-29(4)39(46-40(55)30(5)19-35-23-42-27-45-35)36(51)20-34(18-28(2)3)41(56)44-22-33-10-8-32(9-11-33)21-43-37(52)25-48-14-12-47(24-31(6)50)13-16-49(17-15-48)26-38(53)54/h8-11,23,27-30,34,39,50H,6-7,12-22,24-26H2,1-5H3,(H,42,45)(H,43,52)(H,44,56)(H,46,55)(H,53,54)/t29?,30-,34+,39-/m0/s1. The molecule has 6 N–H and O–H groups in total. The lowest BCUT2D eigenvalue weighted by molar-refractivity contribution is -0.138. The molecular formula is C41H64N8O7. The summed E-state index contributed by atoms with van der Waals surface area (Å²) in [5, 5.41) is 28.0. The number of amides is 3. The number of aliphatic hydroxyl groups is 1. The van der Waals surface area contributed by atoms with Gasteiger partial charge in [-0.1, -0.05) is 71.9 Å². The number of nitrogens with one attached hydrogen (secondary N) is 4. The van der Waals surface area contributed by atoms with Crippen molar-refractivity contribution in [3.63, 3.8) is 0 Å². The van der Waals surface area contributed by atoms with Gasteiger partial charge in [-0.15, -0.1) is 0 Å². The van der Waals surface area contributed by atoms with Gasteiger partial charge in [0, 0.05) is 88.9 Å². The normalized spacial score (nSPS) is 16.8. The van der Waals surface area contributed by atoms with Crippen LogP contribution in [0.25, 0.3) is 0 Å². The number of benzene rings is 1. The first kappa shape index (κ1) is 45.8. The first-order valence-corrected chi connectivity index (χ1v) is 19.8. The Bertz CT molecular complexity index is 1540. The number of aliphatic hydroxyl groups excluding tert-OH is 1. The lowest BCUT2D eigenvalue weighted by Gasteiger charge is -2.27. The number of Topliss-reactive ketones (excluding diaryl/α,β-unsaturated/α-hetero) is 1. The Labute approximate surface area is 331 Å². The number of carbonyl (C=O) groups excluding carboxylic acids is 4. The van der Waals surface area contributed by atoms with Gasteiger partial charge in [0.15, 0.2) is 5.78 Å². The van der Waals surface area contributed by atoms with E-state index in [1.165, 1.54) is 0 Å². The van der Waals surface area contributed by atoms with E-state index in [1.807, 2.05) is 73.6 Å². The Morgan fingerprint density at radius 2 is 1.38 bits per heavy atom. The van der Waals surface area contributed by atoms with E-state index >= 15 is 0 Å². The Morgan fingerprint density at radius 3 is 1.88 bits per heavy atom. The van der Waals surface area contributed by atoms with E-state index in [2.05, 4.69) is 32.5 Å². The summed E-state index contributed by atoms with van der Waals surface area (Å²) in [6.07, 6.45) is 4.98. The van der Waals surface area contributed by atoms with Crippen LogP contribution in [0.3, 0.4) is 0 Å². The monoisotopic (exact) mass is 780 g/mol. The number of ketones is 1. The lowest BCUT2D eigenvalue weighted by Crippen LogP contribution is -2.48. The molecule has 2 aromatic rings. The average Bonchev–Trinajstić information content (AvgIpc) is 3.68. The Morgan fingerprint density at radius 1 is 0.821 bits per heavy atom. The van der Waals surface area contributed by atoms with Crippen molar-refractivity contribution in [1.82, 2.24) is 40.6 Å². The van der Waals surface area contributed by atoms with Crippen LogP contribution in [0.4, 0.5) is 0 Å². The first-order valence-electron chi connectivity index (χ1n) is 19.8. The molecule has 1 fully saturated rings. The van der Waals surface area contributed by atoms with Crippen molar-refractivity contribution >= 4 is 29.5 Å².